The van der Waals surface area contributed by atoms with Crippen molar-refractivity contribution in [1.29, 1.82) is 0 Å². The van der Waals surface area contributed by atoms with Crippen LogP contribution in [0.1, 0.15) is 11.5 Å². The van der Waals surface area contributed by atoms with Gasteiger partial charge in [-0.3, -0.25) is 4.79 Å². The quantitative estimate of drug-likeness (QED) is 0.324. The molecule has 1 rings (SSSR count). The van der Waals surface area contributed by atoms with Crippen LogP contribution in [0.5, 0.6) is 0 Å². The summed E-state index contributed by atoms with van der Waals surface area (Å²) in [6, 6.07) is 0. The first kappa shape index (κ1) is 9.11. The van der Waals surface area contributed by atoms with E-state index in [2.05, 4.69) is 9.97 Å². The Kier molecular flexibility index (Phi) is 2.53. The zero-order valence-electron chi connectivity index (χ0n) is 6.85. The number of nitro groups is 1. The summed E-state index contributed by atoms with van der Waals surface area (Å²) in [4.78, 5) is 26.1. The fourth-order valence-electron chi connectivity index (χ4n) is 0.883. The molecule has 0 aromatic carbocycles. The van der Waals surface area contributed by atoms with Gasteiger partial charge in [-0.15, -0.1) is 0 Å². The van der Waals surface area contributed by atoms with E-state index < -0.39 is 4.92 Å². The molecule has 0 spiro atoms. The van der Waals surface area contributed by atoms with Crippen molar-refractivity contribution in [3.8, 4) is 0 Å². The SMILES string of the molecule is Cc1nc(C=CC=O)c([N+](=O)[O-])[nH]1. The predicted molar refractivity (Wildman–Crippen MR) is 45.1 cm³/mol. The number of aromatic nitrogens is 2. The largest absolute Gasteiger partial charge is 0.358 e. The van der Waals surface area contributed by atoms with Crippen molar-refractivity contribution < 1.29 is 9.72 Å². The summed E-state index contributed by atoms with van der Waals surface area (Å²) in [5, 5.41) is 10.4. The molecule has 0 atom stereocenters. The Bertz CT molecular complexity index is 367. The van der Waals surface area contributed by atoms with E-state index in [-0.39, 0.29) is 11.5 Å². The van der Waals surface area contributed by atoms with Gasteiger partial charge in [0.15, 0.2) is 11.5 Å². The van der Waals surface area contributed by atoms with Crippen molar-refractivity contribution >= 4 is 18.2 Å². The van der Waals surface area contributed by atoms with Crippen molar-refractivity contribution in [1.82, 2.24) is 9.97 Å². The number of allylic oxidation sites excluding steroid dienone is 1. The van der Waals surface area contributed by atoms with Gasteiger partial charge >= 0.3 is 5.82 Å². The van der Waals surface area contributed by atoms with Crippen molar-refractivity contribution in [2.24, 2.45) is 0 Å². The highest BCUT2D eigenvalue weighted by Gasteiger charge is 2.14. The third-order valence-electron chi connectivity index (χ3n) is 1.35. The normalized spacial score (nSPS) is 10.5. The monoisotopic (exact) mass is 181 g/mol. The lowest BCUT2D eigenvalue weighted by Gasteiger charge is -1.88. The first-order chi connectivity index (χ1) is 6.15. The molecule has 0 amide bonds. The van der Waals surface area contributed by atoms with E-state index in [0.29, 0.717) is 12.1 Å². The summed E-state index contributed by atoms with van der Waals surface area (Å²) < 4.78 is 0. The Hall–Kier alpha value is -1.98. The average Bonchev–Trinajstić information content (AvgIpc) is 2.43. The number of nitrogens with zero attached hydrogens (tertiary/aromatic N) is 2. The Morgan fingerprint density at radius 1 is 1.62 bits per heavy atom. The Morgan fingerprint density at radius 3 is 2.85 bits per heavy atom. The summed E-state index contributed by atoms with van der Waals surface area (Å²) in [5.41, 5.74) is 0.162. The lowest BCUT2D eigenvalue weighted by molar-refractivity contribution is -0.389. The second-order valence-electron chi connectivity index (χ2n) is 2.31. The van der Waals surface area contributed by atoms with Crippen molar-refractivity contribution in [2.45, 2.75) is 6.92 Å². The number of hydrogen-bond donors (Lipinski definition) is 1. The van der Waals surface area contributed by atoms with Gasteiger partial charge in [0.05, 0.1) is 0 Å². The van der Waals surface area contributed by atoms with Gasteiger partial charge in [0.1, 0.15) is 6.29 Å². The average molecular weight is 181 g/mol. The first-order valence-electron chi connectivity index (χ1n) is 3.48. The number of hydrogen-bond acceptors (Lipinski definition) is 4. The molecule has 0 aliphatic heterocycles. The van der Waals surface area contributed by atoms with Gasteiger partial charge in [-0.1, -0.05) is 0 Å². The lowest BCUT2D eigenvalue weighted by Crippen LogP contribution is -1.90. The third-order valence-corrected chi connectivity index (χ3v) is 1.35. The lowest BCUT2D eigenvalue weighted by atomic mass is 10.4. The van der Waals surface area contributed by atoms with E-state index in [1.807, 2.05) is 0 Å². The van der Waals surface area contributed by atoms with Crippen LogP contribution in [-0.4, -0.2) is 21.2 Å². The highest BCUT2D eigenvalue weighted by Crippen LogP contribution is 2.15. The molecule has 1 aromatic heterocycles. The number of aryl methyl sites for hydroxylation is 1. The van der Waals surface area contributed by atoms with Gasteiger partial charge in [0.25, 0.3) is 0 Å². The van der Waals surface area contributed by atoms with E-state index in [1.165, 1.54) is 6.08 Å². The maximum Gasteiger partial charge on any atom is 0.348 e. The minimum atomic E-state index is -0.579. The van der Waals surface area contributed by atoms with E-state index >= 15 is 0 Å². The minimum absolute atomic E-state index is 0.162. The summed E-state index contributed by atoms with van der Waals surface area (Å²) >= 11 is 0. The maximum absolute atomic E-state index is 10.4. The maximum atomic E-state index is 10.4. The van der Waals surface area contributed by atoms with Crippen LogP contribution < -0.4 is 0 Å². The highest BCUT2D eigenvalue weighted by atomic mass is 16.6. The van der Waals surface area contributed by atoms with Crippen LogP contribution in [0.4, 0.5) is 5.82 Å². The van der Waals surface area contributed by atoms with Crippen LogP contribution in [0.3, 0.4) is 0 Å². The minimum Gasteiger partial charge on any atom is -0.358 e. The molecule has 0 saturated carbocycles. The first-order valence-corrected chi connectivity index (χ1v) is 3.48. The van der Waals surface area contributed by atoms with Gasteiger partial charge in [0, 0.05) is 6.92 Å². The molecule has 0 unspecified atom stereocenters. The smallest absolute Gasteiger partial charge is 0.348 e. The Labute approximate surface area is 73.4 Å². The van der Waals surface area contributed by atoms with Gasteiger partial charge < -0.3 is 10.1 Å². The van der Waals surface area contributed by atoms with Crippen molar-refractivity contribution in [3.63, 3.8) is 0 Å². The number of nitrogens with one attached hydrogen (secondary N) is 1. The highest BCUT2D eigenvalue weighted by molar-refractivity contribution is 5.74. The van der Waals surface area contributed by atoms with Crippen LogP contribution in [0.25, 0.3) is 6.08 Å². The van der Waals surface area contributed by atoms with Gasteiger partial charge in [0.2, 0.25) is 0 Å². The number of carbonyl (C=O) groups excluding carboxylic acids is 1. The molecule has 0 radical (unpaired) electrons. The molecule has 13 heavy (non-hydrogen) atoms. The Balaban J connectivity index is 3.11. The van der Waals surface area contributed by atoms with Crippen LogP contribution in [0.2, 0.25) is 0 Å². The van der Waals surface area contributed by atoms with E-state index in [0.717, 1.165) is 6.08 Å². The summed E-state index contributed by atoms with van der Waals surface area (Å²) in [6.07, 6.45) is 2.98. The molecule has 0 bridgehead atoms. The van der Waals surface area contributed by atoms with Crippen molar-refractivity contribution in [3.05, 3.63) is 27.7 Å². The zero-order chi connectivity index (χ0) is 9.84. The molecule has 0 fully saturated rings. The number of imidazole rings is 1. The van der Waals surface area contributed by atoms with Crippen LogP contribution in [0, 0.1) is 17.0 Å². The number of H-pyrrole nitrogens is 1. The number of aldehydes is 1. The molecule has 1 N–H and O–H groups in total. The van der Waals surface area contributed by atoms with Crippen molar-refractivity contribution in [2.75, 3.05) is 0 Å². The molecule has 0 aliphatic rings. The van der Waals surface area contributed by atoms with E-state index in [4.69, 9.17) is 0 Å². The molecular formula is C7H7N3O3. The number of aromatic amines is 1. The molecule has 1 aromatic rings. The molecule has 68 valence electrons. The van der Waals surface area contributed by atoms with Crippen LogP contribution in [-0.2, 0) is 4.79 Å². The standard InChI is InChI=1S/C7H7N3O3/c1-5-8-6(3-2-4-11)7(9-5)10(12)13/h2-4H,1H3,(H,8,9). The Morgan fingerprint density at radius 2 is 2.31 bits per heavy atom. The molecule has 6 nitrogen and oxygen atoms in total. The topological polar surface area (TPSA) is 88.9 Å². The van der Waals surface area contributed by atoms with Gasteiger partial charge in [-0.05, 0) is 17.1 Å². The fraction of sp³-hybridized carbons (Fsp3) is 0.143. The second-order valence-corrected chi connectivity index (χ2v) is 2.31. The number of rotatable bonds is 3. The molecule has 1 heterocycles. The van der Waals surface area contributed by atoms with E-state index in [9.17, 15) is 14.9 Å². The molecular weight excluding hydrogens is 174 g/mol. The summed E-state index contributed by atoms with van der Waals surface area (Å²) in [5.74, 6) is 0.243. The molecule has 6 heteroatoms. The van der Waals surface area contributed by atoms with Gasteiger partial charge in [-0.25, -0.2) is 9.97 Å². The second kappa shape index (κ2) is 3.61. The summed E-state index contributed by atoms with van der Waals surface area (Å²) in [6.45, 7) is 1.60. The van der Waals surface area contributed by atoms with Crippen LogP contribution in [0.15, 0.2) is 6.08 Å². The zero-order valence-corrected chi connectivity index (χ0v) is 6.85. The number of carbonyl (C=O) groups is 1. The fourth-order valence-corrected chi connectivity index (χ4v) is 0.883. The van der Waals surface area contributed by atoms with Crippen LogP contribution >= 0.6 is 0 Å². The molecule has 0 saturated heterocycles. The van der Waals surface area contributed by atoms with E-state index in [1.54, 1.807) is 6.92 Å². The third kappa shape index (κ3) is 1.98. The molecule has 0 aliphatic carbocycles. The predicted octanol–water partition coefficient (Wildman–Crippen LogP) is 0.838. The van der Waals surface area contributed by atoms with Gasteiger partial charge in [-0.2, -0.15) is 0 Å². The summed E-state index contributed by atoms with van der Waals surface area (Å²) in [7, 11) is 0.